The summed E-state index contributed by atoms with van der Waals surface area (Å²) in [5, 5.41) is 5.36. The van der Waals surface area contributed by atoms with Crippen LogP contribution in [0.15, 0.2) is 48.7 Å². The molecule has 7 heteroatoms. The number of rotatable bonds is 7. The molecule has 0 fully saturated rings. The van der Waals surface area contributed by atoms with Gasteiger partial charge in [-0.15, -0.1) is 0 Å². The Balaban J connectivity index is 1.93. The number of esters is 1. The number of urea groups is 1. The molecule has 4 N–H and O–H groups in total. The number of hydrogen-bond donors (Lipinski definition) is 3. The van der Waals surface area contributed by atoms with Crippen LogP contribution in [0.3, 0.4) is 0 Å². The fourth-order valence-electron chi connectivity index (χ4n) is 2.22. The molecule has 0 spiro atoms. The van der Waals surface area contributed by atoms with Crippen molar-refractivity contribution in [1.29, 1.82) is 0 Å². The summed E-state index contributed by atoms with van der Waals surface area (Å²) in [6.45, 7) is 2.26. The number of carbonyl (C=O) groups excluding carboxylic acids is 2. The van der Waals surface area contributed by atoms with Crippen LogP contribution in [0.25, 0.3) is 0 Å². The molecule has 2 amide bonds. The Labute approximate surface area is 146 Å². The summed E-state index contributed by atoms with van der Waals surface area (Å²) in [5.41, 5.74) is 7.26. The van der Waals surface area contributed by atoms with E-state index in [4.69, 9.17) is 10.5 Å². The summed E-state index contributed by atoms with van der Waals surface area (Å²) in [6.07, 6.45) is 1.94. The van der Waals surface area contributed by atoms with Crippen LogP contribution in [-0.2, 0) is 22.5 Å². The molecule has 0 aliphatic heterocycles. The highest BCUT2D eigenvalue weighted by atomic mass is 16.5. The molecule has 132 valence electrons. The minimum absolute atomic E-state index is 0.254. The van der Waals surface area contributed by atoms with Crippen molar-refractivity contribution in [3.05, 3.63) is 59.8 Å². The number of anilines is 1. The van der Waals surface area contributed by atoms with Crippen molar-refractivity contribution < 1.29 is 14.3 Å². The first-order valence-corrected chi connectivity index (χ1v) is 8.03. The molecule has 0 aliphatic carbocycles. The van der Waals surface area contributed by atoms with Gasteiger partial charge in [-0.05, 0) is 24.1 Å². The lowest BCUT2D eigenvalue weighted by Gasteiger charge is -2.18. The maximum absolute atomic E-state index is 12.1. The molecular formula is C18H22N4O3. The average Bonchev–Trinajstić information content (AvgIpc) is 2.62. The summed E-state index contributed by atoms with van der Waals surface area (Å²) >= 11 is 0. The topological polar surface area (TPSA) is 106 Å². The molecule has 1 unspecified atom stereocenters. The lowest BCUT2D eigenvalue weighted by atomic mass is 10.1. The van der Waals surface area contributed by atoms with Gasteiger partial charge in [-0.25, -0.2) is 14.6 Å². The largest absolute Gasteiger partial charge is 0.464 e. The van der Waals surface area contributed by atoms with E-state index >= 15 is 0 Å². The molecule has 0 radical (unpaired) electrons. The number of nitrogens with one attached hydrogen (secondary N) is 2. The second-order valence-electron chi connectivity index (χ2n) is 5.41. The van der Waals surface area contributed by atoms with Crippen molar-refractivity contribution >= 4 is 17.8 Å². The van der Waals surface area contributed by atoms with E-state index in [9.17, 15) is 9.59 Å². The lowest BCUT2D eigenvalue weighted by Crippen LogP contribution is -2.47. The normalized spacial score (nSPS) is 11.4. The first-order chi connectivity index (χ1) is 12.1. The van der Waals surface area contributed by atoms with Crippen molar-refractivity contribution in [3.8, 4) is 0 Å². The highest BCUT2D eigenvalue weighted by Crippen LogP contribution is 2.05. The smallest absolute Gasteiger partial charge is 0.329 e. The van der Waals surface area contributed by atoms with Gasteiger partial charge < -0.3 is 21.1 Å². The van der Waals surface area contributed by atoms with E-state index in [0.717, 1.165) is 11.1 Å². The van der Waals surface area contributed by atoms with Crippen LogP contribution in [0.5, 0.6) is 0 Å². The predicted molar refractivity (Wildman–Crippen MR) is 94.6 cm³/mol. The summed E-state index contributed by atoms with van der Waals surface area (Å²) < 4.78 is 5.05. The number of nitrogens with zero attached hydrogens (tertiary/aromatic N) is 1. The number of benzene rings is 1. The second kappa shape index (κ2) is 9.27. The fraction of sp³-hybridized carbons (Fsp3) is 0.278. The molecule has 2 rings (SSSR count). The van der Waals surface area contributed by atoms with Crippen LogP contribution in [-0.4, -0.2) is 29.6 Å². The molecule has 1 heterocycles. The van der Waals surface area contributed by atoms with Crippen molar-refractivity contribution in [2.45, 2.75) is 25.9 Å². The van der Waals surface area contributed by atoms with Crippen molar-refractivity contribution in [2.24, 2.45) is 0 Å². The van der Waals surface area contributed by atoms with Gasteiger partial charge in [0.15, 0.2) is 0 Å². The van der Waals surface area contributed by atoms with E-state index in [2.05, 4.69) is 15.6 Å². The molecule has 1 aromatic carbocycles. The highest BCUT2D eigenvalue weighted by Gasteiger charge is 2.22. The van der Waals surface area contributed by atoms with Crippen LogP contribution >= 0.6 is 0 Å². The summed E-state index contributed by atoms with van der Waals surface area (Å²) in [7, 11) is 0. The monoisotopic (exact) mass is 342 g/mol. The third kappa shape index (κ3) is 6.14. The Bertz CT molecular complexity index is 689. The number of hydrogen-bond acceptors (Lipinski definition) is 5. The minimum atomic E-state index is -0.758. The SMILES string of the molecule is CCOC(=O)C(Cc1ccccc1)NC(=O)NCc1ccc(N)nc1. The Morgan fingerprint density at radius 2 is 1.92 bits per heavy atom. The minimum Gasteiger partial charge on any atom is -0.464 e. The van der Waals surface area contributed by atoms with Crippen molar-refractivity contribution in [2.75, 3.05) is 12.3 Å². The summed E-state index contributed by atoms with van der Waals surface area (Å²) in [5.74, 6) is -0.0471. The van der Waals surface area contributed by atoms with Gasteiger partial charge in [0.2, 0.25) is 0 Å². The van der Waals surface area contributed by atoms with Crippen LogP contribution < -0.4 is 16.4 Å². The van der Waals surface area contributed by atoms with Gasteiger partial charge in [-0.3, -0.25) is 0 Å². The number of amides is 2. The predicted octanol–water partition coefficient (Wildman–Crippen LogP) is 1.64. The molecule has 0 bridgehead atoms. The van der Waals surface area contributed by atoms with Crippen LogP contribution in [0, 0.1) is 0 Å². The Morgan fingerprint density at radius 1 is 1.16 bits per heavy atom. The van der Waals surface area contributed by atoms with Crippen molar-refractivity contribution in [3.63, 3.8) is 0 Å². The summed E-state index contributed by atoms with van der Waals surface area (Å²) in [4.78, 5) is 28.2. The zero-order valence-corrected chi connectivity index (χ0v) is 14.1. The third-order valence-electron chi connectivity index (χ3n) is 3.46. The van der Waals surface area contributed by atoms with E-state index in [-0.39, 0.29) is 13.2 Å². The molecule has 0 saturated heterocycles. The van der Waals surface area contributed by atoms with E-state index in [0.29, 0.717) is 12.2 Å². The van der Waals surface area contributed by atoms with Gasteiger partial charge >= 0.3 is 12.0 Å². The quantitative estimate of drug-likeness (QED) is 0.663. The summed E-state index contributed by atoms with van der Waals surface area (Å²) in [6, 6.07) is 11.7. The average molecular weight is 342 g/mol. The zero-order valence-electron chi connectivity index (χ0n) is 14.1. The zero-order chi connectivity index (χ0) is 18.1. The molecule has 0 aliphatic rings. The molecule has 1 aromatic heterocycles. The van der Waals surface area contributed by atoms with Crippen LogP contribution in [0.1, 0.15) is 18.1 Å². The molecule has 0 saturated carbocycles. The molecule has 2 aromatic rings. The fourth-order valence-corrected chi connectivity index (χ4v) is 2.22. The van der Waals surface area contributed by atoms with E-state index in [1.54, 1.807) is 25.3 Å². The Morgan fingerprint density at radius 3 is 2.56 bits per heavy atom. The van der Waals surface area contributed by atoms with Gasteiger partial charge in [-0.2, -0.15) is 0 Å². The van der Waals surface area contributed by atoms with Gasteiger partial charge in [0.25, 0.3) is 0 Å². The Kier molecular flexibility index (Phi) is 6.76. The van der Waals surface area contributed by atoms with E-state index in [1.165, 1.54) is 0 Å². The van der Waals surface area contributed by atoms with Gasteiger partial charge in [-0.1, -0.05) is 36.4 Å². The van der Waals surface area contributed by atoms with Gasteiger partial charge in [0.05, 0.1) is 6.61 Å². The third-order valence-corrected chi connectivity index (χ3v) is 3.46. The maximum atomic E-state index is 12.1. The number of ether oxygens (including phenoxy) is 1. The first-order valence-electron chi connectivity index (χ1n) is 8.03. The molecule has 7 nitrogen and oxygen atoms in total. The number of pyridine rings is 1. The molecular weight excluding hydrogens is 320 g/mol. The number of nitrogens with two attached hydrogens (primary N) is 1. The van der Waals surface area contributed by atoms with Crippen LogP contribution in [0.2, 0.25) is 0 Å². The molecule has 25 heavy (non-hydrogen) atoms. The van der Waals surface area contributed by atoms with Gasteiger partial charge in [0.1, 0.15) is 11.9 Å². The van der Waals surface area contributed by atoms with Crippen LogP contribution in [0.4, 0.5) is 10.6 Å². The second-order valence-corrected chi connectivity index (χ2v) is 5.41. The van der Waals surface area contributed by atoms with Crippen molar-refractivity contribution in [1.82, 2.24) is 15.6 Å². The van der Waals surface area contributed by atoms with Gasteiger partial charge in [0, 0.05) is 19.2 Å². The first kappa shape index (κ1) is 18.3. The molecule has 1 atom stereocenters. The van der Waals surface area contributed by atoms with E-state index < -0.39 is 18.0 Å². The number of carbonyl (C=O) groups is 2. The maximum Gasteiger partial charge on any atom is 0.329 e. The lowest BCUT2D eigenvalue weighted by molar-refractivity contribution is -0.145. The Hall–Kier alpha value is -3.09. The van der Waals surface area contributed by atoms with E-state index in [1.807, 2.05) is 30.3 Å². The standard InChI is InChI=1S/C18H22N4O3/c1-2-25-17(23)15(10-13-6-4-3-5-7-13)22-18(24)21-12-14-8-9-16(19)20-11-14/h3-9,11,15H,2,10,12H2,1H3,(H2,19,20)(H2,21,22,24). The number of nitrogen functional groups attached to an aromatic ring is 1. The highest BCUT2D eigenvalue weighted by molar-refractivity contribution is 5.83. The number of aromatic nitrogens is 1.